The average Bonchev–Trinajstić information content (AvgIpc) is 2.76. The smallest absolute Gasteiger partial charge is 0.0896 e. The minimum absolute atomic E-state index is 0.463. The zero-order valence-electron chi connectivity index (χ0n) is 10.2. The van der Waals surface area contributed by atoms with Gasteiger partial charge in [0.05, 0.1) is 5.01 Å². The highest BCUT2D eigenvalue weighted by molar-refractivity contribution is 9.10. The molecule has 0 saturated heterocycles. The van der Waals surface area contributed by atoms with Crippen LogP contribution in [0.3, 0.4) is 0 Å². The van der Waals surface area contributed by atoms with Crippen molar-refractivity contribution in [1.29, 1.82) is 0 Å². The average molecular weight is 345 g/mol. The van der Waals surface area contributed by atoms with Gasteiger partial charge in [-0.1, -0.05) is 34.1 Å². The molecule has 96 valence electrons. The predicted octanol–water partition coefficient (Wildman–Crippen LogP) is 4.85. The Balaban J connectivity index is 2.04. The molecular formula is C14H15BrClNS. The summed E-state index contributed by atoms with van der Waals surface area (Å²) in [7, 11) is 0. The highest BCUT2D eigenvalue weighted by atomic mass is 79.9. The lowest BCUT2D eigenvalue weighted by molar-refractivity contribution is 0.587. The Kier molecular flexibility index (Phi) is 5.22. The number of nitrogens with zero attached hydrogens (tertiary/aromatic N) is 1. The van der Waals surface area contributed by atoms with E-state index in [1.165, 1.54) is 14.9 Å². The molecule has 2 rings (SSSR count). The standard InChI is InChI=1S/C14H15BrClNS/c1-10-17-9-13(18-10)7-11(8-16)6-12-4-2-3-5-14(12)15/h2-5,9,11H,6-8H2,1H3. The lowest BCUT2D eigenvalue weighted by atomic mass is 9.97. The van der Waals surface area contributed by atoms with Gasteiger partial charge in [0.15, 0.2) is 0 Å². The minimum Gasteiger partial charge on any atom is -0.250 e. The van der Waals surface area contributed by atoms with Crippen molar-refractivity contribution in [3.63, 3.8) is 0 Å². The first-order valence-electron chi connectivity index (χ1n) is 5.89. The molecule has 0 N–H and O–H groups in total. The maximum absolute atomic E-state index is 6.10. The second kappa shape index (κ2) is 6.69. The van der Waals surface area contributed by atoms with Crippen LogP contribution in [-0.4, -0.2) is 10.9 Å². The van der Waals surface area contributed by atoms with Gasteiger partial charge >= 0.3 is 0 Å². The third kappa shape index (κ3) is 3.81. The number of aryl methyl sites for hydroxylation is 1. The predicted molar refractivity (Wildman–Crippen MR) is 82.6 cm³/mol. The monoisotopic (exact) mass is 343 g/mol. The van der Waals surface area contributed by atoms with E-state index in [1.54, 1.807) is 11.3 Å². The minimum atomic E-state index is 0.463. The fourth-order valence-electron chi connectivity index (χ4n) is 1.94. The third-order valence-electron chi connectivity index (χ3n) is 2.84. The summed E-state index contributed by atoms with van der Waals surface area (Å²) in [6.07, 6.45) is 3.98. The highest BCUT2D eigenvalue weighted by Gasteiger charge is 2.12. The zero-order chi connectivity index (χ0) is 13.0. The van der Waals surface area contributed by atoms with Gasteiger partial charge in [-0.2, -0.15) is 0 Å². The topological polar surface area (TPSA) is 12.9 Å². The van der Waals surface area contributed by atoms with Gasteiger partial charge < -0.3 is 0 Å². The SMILES string of the molecule is Cc1ncc(CC(CCl)Cc2ccccc2Br)s1. The fourth-order valence-corrected chi connectivity index (χ4v) is 3.51. The Morgan fingerprint density at radius 1 is 1.33 bits per heavy atom. The molecule has 0 aliphatic carbocycles. The summed E-state index contributed by atoms with van der Waals surface area (Å²) in [5, 5.41) is 1.12. The van der Waals surface area contributed by atoms with E-state index in [9.17, 15) is 0 Å². The number of rotatable bonds is 5. The number of benzene rings is 1. The molecule has 1 heterocycles. The highest BCUT2D eigenvalue weighted by Crippen LogP contribution is 2.24. The Morgan fingerprint density at radius 3 is 2.72 bits per heavy atom. The quantitative estimate of drug-likeness (QED) is 0.706. The molecule has 1 atom stereocenters. The lowest BCUT2D eigenvalue weighted by Gasteiger charge is -2.13. The van der Waals surface area contributed by atoms with Crippen molar-refractivity contribution in [3.8, 4) is 0 Å². The van der Waals surface area contributed by atoms with Gasteiger partial charge in [0.1, 0.15) is 0 Å². The summed E-state index contributed by atoms with van der Waals surface area (Å²) in [4.78, 5) is 5.62. The summed E-state index contributed by atoms with van der Waals surface area (Å²) in [6, 6.07) is 8.34. The summed E-state index contributed by atoms with van der Waals surface area (Å²) < 4.78 is 1.17. The zero-order valence-corrected chi connectivity index (χ0v) is 13.4. The first-order chi connectivity index (χ1) is 8.69. The molecule has 0 bridgehead atoms. The van der Waals surface area contributed by atoms with E-state index in [0.29, 0.717) is 11.8 Å². The van der Waals surface area contributed by atoms with Crippen LogP contribution in [0.15, 0.2) is 34.9 Å². The van der Waals surface area contributed by atoms with E-state index in [2.05, 4.69) is 39.1 Å². The van der Waals surface area contributed by atoms with Crippen molar-refractivity contribution in [2.24, 2.45) is 5.92 Å². The van der Waals surface area contributed by atoms with Gasteiger partial charge in [0, 0.05) is 21.4 Å². The molecule has 2 aromatic rings. The maximum Gasteiger partial charge on any atom is 0.0896 e. The second-order valence-corrected chi connectivity index (χ2v) is 6.85. The van der Waals surface area contributed by atoms with E-state index in [-0.39, 0.29) is 0 Å². The molecule has 1 aromatic carbocycles. The van der Waals surface area contributed by atoms with E-state index < -0.39 is 0 Å². The Hall–Kier alpha value is -0.380. The molecule has 18 heavy (non-hydrogen) atoms. The normalized spacial score (nSPS) is 12.6. The van der Waals surface area contributed by atoms with E-state index in [1.807, 2.05) is 19.2 Å². The number of hydrogen-bond donors (Lipinski definition) is 0. The van der Waals surface area contributed by atoms with Crippen LogP contribution in [0.1, 0.15) is 15.4 Å². The van der Waals surface area contributed by atoms with Crippen LogP contribution >= 0.6 is 38.9 Å². The van der Waals surface area contributed by atoms with E-state index in [0.717, 1.165) is 17.8 Å². The molecule has 1 aromatic heterocycles. The van der Waals surface area contributed by atoms with Crippen molar-refractivity contribution in [2.45, 2.75) is 19.8 Å². The molecule has 0 aliphatic rings. The molecule has 1 unspecified atom stereocenters. The van der Waals surface area contributed by atoms with Gasteiger partial charge in [0.2, 0.25) is 0 Å². The lowest BCUT2D eigenvalue weighted by Crippen LogP contribution is -2.09. The first kappa shape index (κ1) is 14.0. The molecule has 4 heteroatoms. The molecule has 1 nitrogen and oxygen atoms in total. The Labute approximate surface area is 125 Å². The van der Waals surface area contributed by atoms with Gasteiger partial charge in [-0.3, -0.25) is 0 Å². The largest absolute Gasteiger partial charge is 0.250 e. The van der Waals surface area contributed by atoms with Crippen LogP contribution in [-0.2, 0) is 12.8 Å². The van der Waals surface area contributed by atoms with Crippen molar-refractivity contribution < 1.29 is 0 Å². The van der Waals surface area contributed by atoms with Crippen LogP contribution in [0.25, 0.3) is 0 Å². The van der Waals surface area contributed by atoms with Gasteiger partial charge in [-0.05, 0) is 37.3 Å². The Bertz CT molecular complexity index is 512. The molecule has 0 aliphatic heterocycles. The van der Waals surface area contributed by atoms with Crippen molar-refractivity contribution in [2.75, 3.05) is 5.88 Å². The number of hydrogen-bond acceptors (Lipinski definition) is 2. The van der Waals surface area contributed by atoms with Crippen molar-refractivity contribution in [3.05, 3.63) is 50.4 Å². The molecule has 0 fully saturated rings. The summed E-state index contributed by atoms with van der Waals surface area (Å²) in [6.45, 7) is 2.04. The van der Waals surface area contributed by atoms with Crippen LogP contribution in [0, 0.1) is 12.8 Å². The molecule has 0 amide bonds. The van der Waals surface area contributed by atoms with Gasteiger partial charge in [-0.15, -0.1) is 22.9 Å². The molecule has 0 radical (unpaired) electrons. The van der Waals surface area contributed by atoms with Crippen LogP contribution < -0.4 is 0 Å². The second-order valence-electron chi connectivity index (χ2n) is 4.37. The number of aromatic nitrogens is 1. The molecular weight excluding hydrogens is 330 g/mol. The van der Waals surface area contributed by atoms with Crippen LogP contribution in [0.5, 0.6) is 0 Å². The van der Waals surface area contributed by atoms with Gasteiger partial charge in [0.25, 0.3) is 0 Å². The Morgan fingerprint density at radius 2 is 2.11 bits per heavy atom. The van der Waals surface area contributed by atoms with Crippen molar-refractivity contribution in [1.82, 2.24) is 4.98 Å². The van der Waals surface area contributed by atoms with Crippen molar-refractivity contribution >= 4 is 38.9 Å². The maximum atomic E-state index is 6.10. The number of halogens is 2. The van der Waals surface area contributed by atoms with Crippen LogP contribution in [0.4, 0.5) is 0 Å². The summed E-state index contributed by atoms with van der Waals surface area (Å²) in [5.41, 5.74) is 1.32. The number of alkyl halides is 1. The summed E-state index contributed by atoms with van der Waals surface area (Å²) in [5.74, 6) is 1.14. The third-order valence-corrected chi connectivity index (χ3v) is 4.99. The van der Waals surface area contributed by atoms with Gasteiger partial charge in [-0.25, -0.2) is 4.98 Å². The van der Waals surface area contributed by atoms with E-state index in [4.69, 9.17) is 11.6 Å². The fraction of sp³-hybridized carbons (Fsp3) is 0.357. The van der Waals surface area contributed by atoms with Crippen LogP contribution in [0.2, 0.25) is 0 Å². The summed E-state index contributed by atoms with van der Waals surface area (Å²) >= 11 is 11.5. The molecule has 0 saturated carbocycles. The number of thiazole rings is 1. The van der Waals surface area contributed by atoms with E-state index >= 15 is 0 Å². The first-order valence-corrected chi connectivity index (χ1v) is 8.04. The molecule has 0 spiro atoms.